The fourth-order valence-corrected chi connectivity index (χ4v) is 2.22. The molecular formula is C10H22N2. The molecule has 0 aromatic carbocycles. The SMILES string of the molecule is CC(N)CC1CCCN1C(C)C. The molecule has 1 aliphatic rings. The summed E-state index contributed by atoms with van der Waals surface area (Å²) in [6.45, 7) is 7.94. The van der Waals surface area contributed by atoms with Crippen LogP contribution in [0.2, 0.25) is 0 Å². The molecule has 0 aromatic rings. The Morgan fingerprint density at radius 2 is 2.08 bits per heavy atom. The van der Waals surface area contributed by atoms with Crippen LogP contribution in [-0.4, -0.2) is 29.6 Å². The summed E-state index contributed by atoms with van der Waals surface area (Å²) in [7, 11) is 0. The van der Waals surface area contributed by atoms with Gasteiger partial charge in [0.25, 0.3) is 0 Å². The Labute approximate surface area is 76.1 Å². The summed E-state index contributed by atoms with van der Waals surface area (Å²) in [4.78, 5) is 2.59. The number of hydrogen-bond donors (Lipinski definition) is 1. The Morgan fingerprint density at radius 1 is 1.42 bits per heavy atom. The maximum Gasteiger partial charge on any atom is 0.0113 e. The van der Waals surface area contributed by atoms with Crippen LogP contribution in [0.4, 0.5) is 0 Å². The standard InChI is InChI=1S/C10H22N2/c1-8(2)12-6-4-5-10(12)7-9(3)11/h8-10H,4-7,11H2,1-3H3. The predicted molar refractivity (Wildman–Crippen MR) is 53.1 cm³/mol. The smallest absolute Gasteiger partial charge is 0.0113 e. The van der Waals surface area contributed by atoms with Crippen molar-refractivity contribution in [2.24, 2.45) is 5.73 Å². The molecule has 1 heterocycles. The molecule has 0 spiro atoms. The van der Waals surface area contributed by atoms with Crippen LogP contribution in [0.15, 0.2) is 0 Å². The number of nitrogens with two attached hydrogens (primary N) is 1. The lowest BCUT2D eigenvalue weighted by molar-refractivity contribution is 0.190. The van der Waals surface area contributed by atoms with Crippen LogP contribution in [0.5, 0.6) is 0 Å². The van der Waals surface area contributed by atoms with Gasteiger partial charge in [-0.05, 0) is 46.6 Å². The second-order valence-electron chi connectivity index (χ2n) is 4.34. The summed E-state index contributed by atoms with van der Waals surface area (Å²) in [5, 5.41) is 0. The van der Waals surface area contributed by atoms with E-state index in [0.717, 1.165) is 12.5 Å². The maximum absolute atomic E-state index is 5.81. The van der Waals surface area contributed by atoms with Crippen molar-refractivity contribution in [2.45, 2.75) is 58.2 Å². The first-order valence-electron chi connectivity index (χ1n) is 5.12. The highest BCUT2D eigenvalue weighted by molar-refractivity contribution is 4.83. The average molecular weight is 170 g/mol. The first-order chi connectivity index (χ1) is 5.61. The molecule has 0 saturated carbocycles. The fourth-order valence-electron chi connectivity index (χ4n) is 2.22. The predicted octanol–water partition coefficient (Wildman–Crippen LogP) is 1.60. The summed E-state index contributed by atoms with van der Waals surface area (Å²) in [5.74, 6) is 0. The van der Waals surface area contributed by atoms with E-state index in [1.807, 2.05) is 0 Å². The van der Waals surface area contributed by atoms with E-state index in [1.54, 1.807) is 0 Å². The van der Waals surface area contributed by atoms with Crippen LogP contribution < -0.4 is 5.73 Å². The Balaban J connectivity index is 2.41. The van der Waals surface area contributed by atoms with Crippen molar-refractivity contribution >= 4 is 0 Å². The molecule has 0 radical (unpaired) electrons. The lowest BCUT2D eigenvalue weighted by Crippen LogP contribution is -2.38. The highest BCUT2D eigenvalue weighted by atomic mass is 15.2. The Hall–Kier alpha value is -0.0800. The van der Waals surface area contributed by atoms with Crippen LogP contribution in [0.1, 0.15) is 40.0 Å². The van der Waals surface area contributed by atoms with Crippen molar-refractivity contribution in [1.29, 1.82) is 0 Å². The lowest BCUT2D eigenvalue weighted by atomic mass is 10.1. The van der Waals surface area contributed by atoms with Crippen molar-refractivity contribution < 1.29 is 0 Å². The average Bonchev–Trinajstić information content (AvgIpc) is 2.33. The van der Waals surface area contributed by atoms with Crippen molar-refractivity contribution in [2.75, 3.05) is 6.54 Å². The minimum atomic E-state index is 0.356. The minimum Gasteiger partial charge on any atom is -0.328 e. The molecule has 12 heavy (non-hydrogen) atoms. The van der Waals surface area contributed by atoms with E-state index < -0.39 is 0 Å². The van der Waals surface area contributed by atoms with Gasteiger partial charge in [0.2, 0.25) is 0 Å². The highest BCUT2D eigenvalue weighted by Gasteiger charge is 2.26. The highest BCUT2D eigenvalue weighted by Crippen LogP contribution is 2.22. The third kappa shape index (κ3) is 2.46. The van der Waals surface area contributed by atoms with E-state index in [4.69, 9.17) is 5.73 Å². The van der Waals surface area contributed by atoms with Gasteiger partial charge in [-0.15, -0.1) is 0 Å². The zero-order chi connectivity index (χ0) is 9.14. The van der Waals surface area contributed by atoms with Gasteiger partial charge in [0, 0.05) is 18.1 Å². The molecule has 2 unspecified atom stereocenters. The van der Waals surface area contributed by atoms with Crippen LogP contribution >= 0.6 is 0 Å². The van der Waals surface area contributed by atoms with Gasteiger partial charge in [-0.25, -0.2) is 0 Å². The molecule has 2 nitrogen and oxygen atoms in total. The number of nitrogens with zero attached hydrogens (tertiary/aromatic N) is 1. The van der Waals surface area contributed by atoms with Crippen molar-refractivity contribution in [1.82, 2.24) is 4.90 Å². The van der Waals surface area contributed by atoms with Gasteiger partial charge in [-0.3, -0.25) is 4.90 Å². The second-order valence-corrected chi connectivity index (χ2v) is 4.34. The molecule has 1 rings (SSSR count). The largest absolute Gasteiger partial charge is 0.328 e. The zero-order valence-electron chi connectivity index (χ0n) is 8.59. The lowest BCUT2D eigenvalue weighted by Gasteiger charge is -2.29. The molecule has 0 bridgehead atoms. The quantitative estimate of drug-likeness (QED) is 0.697. The number of rotatable bonds is 3. The normalized spacial score (nSPS) is 28.2. The first-order valence-corrected chi connectivity index (χ1v) is 5.12. The third-order valence-corrected chi connectivity index (χ3v) is 2.73. The molecule has 2 N–H and O–H groups in total. The van der Waals surface area contributed by atoms with E-state index in [-0.39, 0.29) is 0 Å². The molecule has 0 aromatic heterocycles. The fraction of sp³-hybridized carbons (Fsp3) is 1.00. The first kappa shape index (κ1) is 10.0. The van der Waals surface area contributed by atoms with E-state index >= 15 is 0 Å². The summed E-state index contributed by atoms with van der Waals surface area (Å²) < 4.78 is 0. The number of likely N-dealkylation sites (tertiary alicyclic amines) is 1. The number of hydrogen-bond acceptors (Lipinski definition) is 2. The van der Waals surface area contributed by atoms with Crippen LogP contribution in [-0.2, 0) is 0 Å². The monoisotopic (exact) mass is 170 g/mol. The van der Waals surface area contributed by atoms with Gasteiger partial charge < -0.3 is 5.73 Å². The minimum absolute atomic E-state index is 0.356. The third-order valence-electron chi connectivity index (χ3n) is 2.73. The van der Waals surface area contributed by atoms with Crippen LogP contribution in [0, 0.1) is 0 Å². The second kappa shape index (κ2) is 4.24. The van der Waals surface area contributed by atoms with Gasteiger partial charge in [0.1, 0.15) is 0 Å². The van der Waals surface area contributed by atoms with Gasteiger partial charge in [-0.2, -0.15) is 0 Å². The summed E-state index contributed by atoms with van der Waals surface area (Å²) >= 11 is 0. The van der Waals surface area contributed by atoms with E-state index in [0.29, 0.717) is 12.1 Å². The molecule has 1 aliphatic heterocycles. The van der Waals surface area contributed by atoms with Crippen molar-refractivity contribution in [3.05, 3.63) is 0 Å². The van der Waals surface area contributed by atoms with Gasteiger partial charge in [0.15, 0.2) is 0 Å². The van der Waals surface area contributed by atoms with Crippen molar-refractivity contribution in [3.63, 3.8) is 0 Å². The van der Waals surface area contributed by atoms with E-state index in [2.05, 4.69) is 25.7 Å². The van der Waals surface area contributed by atoms with Crippen molar-refractivity contribution in [3.8, 4) is 0 Å². The molecule has 2 atom stereocenters. The van der Waals surface area contributed by atoms with Gasteiger partial charge >= 0.3 is 0 Å². The van der Waals surface area contributed by atoms with Gasteiger partial charge in [-0.1, -0.05) is 0 Å². The van der Waals surface area contributed by atoms with Gasteiger partial charge in [0.05, 0.1) is 0 Å². The molecule has 1 saturated heterocycles. The maximum atomic E-state index is 5.81. The van der Waals surface area contributed by atoms with E-state index in [9.17, 15) is 0 Å². The molecular weight excluding hydrogens is 148 g/mol. The Bertz CT molecular complexity index is 132. The zero-order valence-corrected chi connectivity index (χ0v) is 8.59. The Morgan fingerprint density at radius 3 is 2.58 bits per heavy atom. The summed E-state index contributed by atoms with van der Waals surface area (Å²) in [6.07, 6.45) is 3.87. The molecule has 72 valence electrons. The molecule has 0 aliphatic carbocycles. The topological polar surface area (TPSA) is 29.3 Å². The van der Waals surface area contributed by atoms with E-state index in [1.165, 1.54) is 19.4 Å². The van der Waals surface area contributed by atoms with Crippen LogP contribution in [0.3, 0.4) is 0 Å². The molecule has 1 fully saturated rings. The van der Waals surface area contributed by atoms with Crippen LogP contribution in [0.25, 0.3) is 0 Å². The summed E-state index contributed by atoms with van der Waals surface area (Å²) in [5.41, 5.74) is 5.81. The summed E-state index contributed by atoms with van der Waals surface area (Å²) in [6, 6.07) is 1.80. The molecule has 0 amide bonds. The Kier molecular flexibility index (Phi) is 3.53. The molecule has 2 heteroatoms.